The van der Waals surface area contributed by atoms with Gasteiger partial charge in [-0.2, -0.15) is 0 Å². The Morgan fingerprint density at radius 3 is 2.70 bits per heavy atom. The van der Waals surface area contributed by atoms with E-state index in [0.29, 0.717) is 10.9 Å². The minimum Gasteiger partial charge on any atom is -0.480 e. The molecule has 20 heavy (non-hydrogen) atoms. The molecule has 2 rings (SSSR count). The molecule has 0 aliphatic heterocycles. The number of benzene rings is 1. The van der Waals surface area contributed by atoms with Gasteiger partial charge in [0.05, 0.1) is 0 Å². The number of amides is 1. The van der Waals surface area contributed by atoms with Gasteiger partial charge in [-0.05, 0) is 18.6 Å². The van der Waals surface area contributed by atoms with Crippen LogP contribution >= 0.6 is 0 Å². The largest absolute Gasteiger partial charge is 0.480 e. The van der Waals surface area contributed by atoms with Gasteiger partial charge in [-0.15, -0.1) is 0 Å². The van der Waals surface area contributed by atoms with Crippen LogP contribution in [-0.4, -0.2) is 28.0 Å². The van der Waals surface area contributed by atoms with Crippen molar-refractivity contribution < 1.29 is 14.7 Å². The van der Waals surface area contributed by atoms with E-state index in [1.807, 2.05) is 0 Å². The van der Waals surface area contributed by atoms with Crippen LogP contribution in [0.1, 0.15) is 23.8 Å². The number of rotatable bonds is 4. The Morgan fingerprint density at radius 2 is 2.05 bits per heavy atom. The molecule has 0 fully saturated rings. The summed E-state index contributed by atoms with van der Waals surface area (Å²) in [5.41, 5.74) is 0.301. The van der Waals surface area contributed by atoms with Crippen LogP contribution in [0.15, 0.2) is 35.1 Å². The minimum atomic E-state index is -1.11. The van der Waals surface area contributed by atoms with Gasteiger partial charge in [-0.1, -0.05) is 19.1 Å². The van der Waals surface area contributed by atoms with Gasteiger partial charge >= 0.3 is 5.97 Å². The number of carbonyl (C=O) groups is 2. The molecule has 6 heteroatoms. The van der Waals surface area contributed by atoms with E-state index in [9.17, 15) is 14.4 Å². The number of hydrogen-bond donors (Lipinski definition) is 3. The fourth-order valence-electron chi connectivity index (χ4n) is 1.89. The summed E-state index contributed by atoms with van der Waals surface area (Å²) >= 11 is 0. The molecule has 6 nitrogen and oxygen atoms in total. The summed E-state index contributed by atoms with van der Waals surface area (Å²) in [6, 6.07) is 7.01. The SMILES string of the molecule is CC[C@@H](NC(=O)c1cc(=O)c2ccccc2[nH]1)C(=O)O. The number of carbonyl (C=O) groups excluding carboxylic acids is 1. The van der Waals surface area contributed by atoms with Crippen LogP contribution in [0.4, 0.5) is 0 Å². The van der Waals surface area contributed by atoms with Gasteiger partial charge in [0.2, 0.25) is 0 Å². The van der Waals surface area contributed by atoms with Crippen molar-refractivity contribution in [3.63, 3.8) is 0 Å². The first-order chi connectivity index (χ1) is 9.52. The molecule has 0 unspecified atom stereocenters. The van der Waals surface area contributed by atoms with Crippen LogP contribution in [0.25, 0.3) is 10.9 Å². The summed E-state index contributed by atoms with van der Waals surface area (Å²) in [7, 11) is 0. The molecular formula is C14H14N2O4. The van der Waals surface area contributed by atoms with Crippen molar-refractivity contribution in [2.45, 2.75) is 19.4 Å². The predicted octanol–water partition coefficient (Wildman–Crippen LogP) is 1.12. The summed E-state index contributed by atoms with van der Waals surface area (Å²) in [6.45, 7) is 1.65. The standard InChI is InChI=1S/C14H14N2O4/c1-2-9(14(19)20)16-13(18)11-7-12(17)8-5-3-4-6-10(8)15-11/h3-7,9H,2H2,1H3,(H,15,17)(H,16,18)(H,19,20)/t9-/m1/s1. The highest BCUT2D eigenvalue weighted by molar-refractivity contribution is 5.96. The lowest BCUT2D eigenvalue weighted by atomic mass is 10.1. The Kier molecular flexibility index (Phi) is 3.84. The maximum atomic E-state index is 12.0. The molecule has 0 radical (unpaired) electrons. The zero-order valence-corrected chi connectivity index (χ0v) is 10.8. The fraction of sp³-hybridized carbons (Fsp3) is 0.214. The molecular weight excluding hydrogens is 260 g/mol. The lowest BCUT2D eigenvalue weighted by Gasteiger charge is -2.12. The fourth-order valence-corrected chi connectivity index (χ4v) is 1.89. The summed E-state index contributed by atoms with van der Waals surface area (Å²) in [6.07, 6.45) is 0.263. The second-order valence-electron chi connectivity index (χ2n) is 4.37. The zero-order valence-electron chi connectivity index (χ0n) is 10.8. The highest BCUT2D eigenvalue weighted by atomic mass is 16.4. The molecule has 1 aromatic carbocycles. The number of hydrogen-bond acceptors (Lipinski definition) is 3. The van der Waals surface area contributed by atoms with Gasteiger partial charge < -0.3 is 15.4 Å². The van der Waals surface area contributed by atoms with Gasteiger partial charge in [0, 0.05) is 17.0 Å². The molecule has 2 aromatic rings. The molecule has 1 aromatic heterocycles. The average Bonchev–Trinajstić information content (AvgIpc) is 2.44. The number of H-pyrrole nitrogens is 1. The van der Waals surface area contributed by atoms with E-state index < -0.39 is 17.9 Å². The number of carboxylic acid groups (broad SMARTS) is 1. The second-order valence-corrected chi connectivity index (χ2v) is 4.37. The Bertz CT molecular complexity index is 720. The van der Waals surface area contributed by atoms with Gasteiger partial charge in [0.25, 0.3) is 5.91 Å². The van der Waals surface area contributed by atoms with Crippen LogP contribution in [0, 0.1) is 0 Å². The van der Waals surface area contributed by atoms with Crippen LogP contribution in [0.3, 0.4) is 0 Å². The summed E-state index contributed by atoms with van der Waals surface area (Å²) in [4.78, 5) is 37.6. The third kappa shape index (κ3) is 2.69. The van der Waals surface area contributed by atoms with Crippen molar-refractivity contribution in [3.8, 4) is 0 Å². The van der Waals surface area contributed by atoms with E-state index >= 15 is 0 Å². The van der Waals surface area contributed by atoms with Crippen LogP contribution in [0.5, 0.6) is 0 Å². The first kappa shape index (κ1) is 13.8. The third-order valence-corrected chi connectivity index (χ3v) is 2.99. The van der Waals surface area contributed by atoms with Gasteiger partial charge in [-0.3, -0.25) is 9.59 Å². The van der Waals surface area contributed by atoms with Crippen molar-refractivity contribution in [1.82, 2.24) is 10.3 Å². The Hall–Kier alpha value is -2.63. The molecule has 0 saturated heterocycles. The number of fused-ring (bicyclic) bond motifs is 1. The quantitative estimate of drug-likeness (QED) is 0.778. The smallest absolute Gasteiger partial charge is 0.326 e. The monoisotopic (exact) mass is 274 g/mol. The lowest BCUT2D eigenvalue weighted by Crippen LogP contribution is -2.40. The predicted molar refractivity (Wildman–Crippen MR) is 73.7 cm³/mol. The van der Waals surface area contributed by atoms with E-state index in [4.69, 9.17) is 5.11 Å². The Morgan fingerprint density at radius 1 is 1.35 bits per heavy atom. The maximum Gasteiger partial charge on any atom is 0.326 e. The summed E-state index contributed by atoms with van der Waals surface area (Å²) in [5.74, 6) is -1.72. The molecule has 0 saturated carbocycles. The van der Waals surface area contributed by atoms with E-state index in [1.54, 1.807) is 31.2 Å². The molecule has 0 bridgehead atoms. The van der Waals surface area contributed by atoms with Crippen molar-refractivity contribution in [2.75, 3.05) is 0 Å². The minimum absolute atomic E-state index is 0.0494. The second kappa shape index (κ2) is 5.56. The highest BCUT2D eigenvalue weighted by Gasteiger charge is 2.19. The van der Waals surface area contributed by atoms with Crippen molar-refractivity contribution >= 4 is 22.8 Å². The van der Waals surface area contributed by atoms with Gasteiger partial charge in [0.1, 0.15) is 11.7 Å². The average molecular weight is 274 g/mol. The molecule has 3 N–H and O–H groups in total. The number of aromatic amines is 1. The lowest BCUT2D eigenvalue weighted by molar-refractivity contribution is -0.139. The first-order valence-electron chi connectivity index (χ1n) is 6.18. The van der Waals surface area contributed by atoms with E-state index in [1.165, 1.54) is 6.07 Å². The normalized spacial score (nSPS) is 12.1. The summed E-state index contributed by atoms with van der Waals surface area (Å²) in [5, 5.41) is 11.8. The van der Waals surface area contributed by atoms with Gasteiger partial charge in [0.15, 0.2) is 5.43 Å². The van der Waals surface area contributed by atoms with Crippen molar-refractivity contribution in [3.05, 3.63) is 46.2 Å². The molecule has 104 valence electrons. The Labute approximate surface area is 114 Å². The topological polar surface area (TPSA) is 99.3 Å². The molecule has 0 aliphatic rings. The molecule has 1 heterocycles. The van der Waals surface area contributed by atoms with Crippen molar-refractivity contribution in [1.29, 1.82) is 0 Å². The number of carboxylic acids is 1. The third-order valence-electron chi connectivity index (χ3n) is 2.99. The molecule has 0 spiro atoms. The zero-order chi connectivity index (χ0) is 14.7. The Balaban J connectivity index is 2.36. The number of nitrogens with one attached hydrogen (secondary N) is 2. The van der Waals surface area contributed by atoms with E-state index in [2.05, 4.69) is 10.3 Å². The van der Waals surface area contributed by atoms with E-state index in [-0.39, 0.29) is 17.5 Å². The van der Waals surface area contributed by atoms with Gasteiger partial charge in [-0.25, -0.2) is 4.79 Å². The molecule has 1 atom stereocenters. The molecule has 1 amide bonds. The number of para-hydroxylation sites is 1. The first-order valence-corrected chi connectivity index (χ1v) is 6.18. The number of aliphatic carboxylic acids is 1. The van der Waals surface area contributed by atoms with Crippen molar-refractivity contribution in [2.24, 2.45) is 0 Å². The highest BCUT2D eigenvalue weighted by Crippen LogP contribution is 2.07. The van der Waals surface area contributed by atoms with Crippen LogP contribution in [0.2, 0.25) is 0 Å². The van der Waals surface area contributed by atoms with Crippen LogP contribution < -0.4 is 10.7 Å². The van der Waals surface area contributed by atoms with E-state index in [0.717, 1.165) is 0 Å². The van der Waals surface area contributed by atoms with Crippen LogP contribution in [-0.2, 0) is 4.79 Å². The maximum absolute atomic E-state index is 12.0. The molecule has 0 aliphatic carbocycles. The number of aromatic nitrogens is 1. The number of pyridine rings is 1. The summed E-state index contributed by atoms with van der Waals surface area (Å²) < 4.78 is 0.